The molecule has 82 heavy (non-hydrogen) atoms. The van der Waals surface area contributed by atoms with Gasteiger partial charge in [0.25, 0.3) is 0 Å². The van der Waals surface area contributed by atoms with Crippen LogP contribution in [-0.2, 0) is 37.9 Å². The Bertz CT molecular complexity index is 1330. The van der Waals surface area contributed by atoms with Crippen molar-refractivity contribution in [3.63, 3.8) is 0 Å². The highest BCUT2D eigenvalue weighted by Crippen LogP contribution is 2.20. The quantitative estimate of drug-likeness (QED) is 0.0253. The van der Waals surface area contributed by atoms with Gasteiger partial charge in [0, 0.05) is 0 Å². The summed E-state index contributed by atoms with van der Waals surface area (Å²) in [4.78, 5) is 44.4. The van der Waals surface area contributed by atoms with Crippen molar-refractivity contribution >= 4 is 24.6 Å². The molecule has 8 unspecified atom stereocenters. The summed E-state index contributed by atoms with van der Waals surface area (Å²) in [5.74, 6) is 3.20. The summed E-state index contributed by atoms with van der Waals surface area (Å²) in [6.07, 6.45) is 36.4. The minimum Gasteiger partial charge on any atom is -0.434 e. The number of carbonyl (C=O) groups is 4. The first-order valence-electron chi connectivity index (χ1n) is 33.1. The number of ether oxygens (including phenoxy) is 8. The number of rotatable bonds is 50. The third kappa shape index (κ3) is 79.0. The Kier molecular flexibility index (Phi) is 69.8. The molecule has 0 radical (unpaired) electrons. The first kappa shape index (κ1) is 85.4. The van der Waals surface area contributed by atoms with E-state index in [9.17, 15) is 19.2 Å². The average molecular weight is 1180 g/mol. The molecule has 0 aromatic heterocycles. The zero-order valence-corrected chi connectivity index (χ0v) is 55.0. The van der Waals surface area contributed by atoms with Crippen molar-refractivity contribution < 1.29 is 77.5 Å². The lowest BCUT2D eigenvalue weighted by atomic mass is 9.97. The number of hydrogen-bond acceptors (Lipinski definition) is 16. The van der Waals surface area contributed by atoms with Crippen LogP contribution in [0.5, 0.6) is 0 Å². The van der Waals surface area contributed by atoms with Crippen molar-refractivity contribution in [2.75, 3.05) is 52.9 Å². The van der Waals surface area contributed by atoms with Gasteiger partial charge in [-0.3, -0.25) is 0 Å². The molecule has 0 rings (SSSR count). The first-order valence-corrected chi connectivity index (χ1v) is 33.1. The molecule has 0 aliphatic rings. The van der Waals surface area contributed by atoms with E-state index in [2.05, 4.69) is 55.4 Å². The van der Waals surface area contributed by atoms with E-state index in [1.165, 1.54) is 167 Å². The molecule has 0 amide bonds. The van der Waals surface area contributed by atoms with Crippen LogP contribution in [0.1, 0.15) is 301 Å². The van der Waals surface area contributed by atoms with Gasteiger partial charge in [0.05, 0.1) is 50.8 Å². The summed E-state index contributed by atoms with van der Waals surface area (Å²) in [6, 6.07) is 0. The molecule has 0 heterocycles. The highest BCUT2D eigenvalue weighted by molar-refractivity contribution is 5.60. The Balaban J connectivity index is -0.000000495. The highest BCUT2D eigenvalue weighted by Gasteiger charge is 2.11. The number of hydrogen-bond donors (Lipinski definition) is 4. The summed E-state index contributed by atoms with van der Waals surface area (Å²) in [6.45, 7) is 26.1. The standard InChI is InChI=1S/2C17H34O4.2C16H32O4/c1-4-5-8-11-15(2)12-9-6-7-10-13-20-17(19)21-14-16(3)18;1-4-5-6-8-11-15(2)12-9-7-10-13-20-17(19)21-14-16(3)18;1-4-5-7-10-14(2)11-8-6-9-12-19-16(18)20-13-15(3)17;1-4-5-6-7-10-14(2)11-8-9-12-19-16(18)20-13-15(3)17/h2*15-16,18H,4-14H2,1-3H3;2*14-15,17H,4-13H2,1-3H3. The largest absolute Gasteiger partial charge is 0.508 e. The van der Waals surface area contributed by atoms with Crippen molar-refractivity contribution in [1.82, 2.24) is 0 Å². The second-order valence-electron chi connectivity index (χ2n) is 23.5. The van der Waals surface area contributed by atoms with Gasteiger partial charge in [-0.15, -0.1) is 0 Å². The lowest BCUT2D eigenvalue weighted by molar-refractivity contribution is 0.0228. The van der Waals surface area contributed by atoms with Crippen molar-refractivity contribution in [3.05, 3.63) is 0 Å². The summed E-state index contributed by atoms with van der Waals surface area (Å²) in [5.41, 5.74) is 0. The SMILES string of the molecule is CCCCCC(C)CCCCCCOC(=O)OCC(C)O.CCCCCC(C)CCCCCOC(=O)OCC(C)O.CCCCCCC(C)CCCCCOC(=O)OCC(C)O.CCCCCCC(C)CCCCOC(=O)OCC(C)O. The van der Waals surface area contributed by atoms with Crippen LogP contribution in [0.2, 0.25) is 0 Å². The molecule has 0 saturated carbocycles. The van der Waals surface area contributed by atoms with E-state index in [1.807, 2.05) is 0 Å². The molecule has 4 N–H and O–H groups in total. The second-order valence-corrected chi connectivity index (χ2v) is 23.5. The lowest BCUT2D eigenvalue weighted by Crippen LogP contribution is -2.16. The Morgan fingerprint density at radius 2 is 0.402 bits per heavy atom. The van der Waals surface area contributed by atoms with Crippen molar-refractivity contribution in [2.24, 2.45) is 23.7 Å². The minimum absolute atomic E-state index is 0.00521. The van der Waals surface area contributed by atoms with Gasteiger partial charge in [-0.25, -0.2) is 19.2 Å². The third-order valence-electron chi connectivity index (χ3n) is 13.7. The fourth-order valence-electron chi connectivity index (χ4n) is 8.53. The zero-order valence-electron chi connectivity index (χ0n) is 55.0. The molecule has 16 nitrogen and oxygen atoms in total. The molecule has 0 saturated heterocycles. The van der Waals surface area contributed by atoms with Crippen LogP contribution in [0.15, 0.2) is 0 Å². The topological polar surface area (TPSA) is 223 Å². The van der Waals surface area contributed by atoms with E-state index >= 15 is 0 Å². The zero-order chi connectivity index (χ0) is 62.3. The van der Waals surface area contributed by atoms with Gasteiger partial charge < -0.3 is 58.3 Å². The Labute approximate surface area is 502 Å². The fourth-order valence-corrected chi connectivity index (χ4v) is 8.53. The molecule has 0 aromatic carbocycles. The maximum absolute atomic E-state index is 11.1. The predicted molar refractivity (Wildman–Crippen MR) is 332 cm³/mol. The predicted octanol–water partition coefficient (Wildman–Crippen LogP) is 18.0. The van der Waals surface area contributed by atoms with Crippen LogP contribution in [0.4, 0.5) is 19.2 Å². The van der Waals surface area contributed by atoms with Gasteiger partial charge in [0.1, 0.15) is 26.4 Å². The van der Waals surface area contributed by atoms with Crippen molar-refractivity contribution in [3.8, 4) is 0 Å². The van der Waals surface area contributed by atoms with Crippen molar-refractivity contribution in [2.45, 2.75) is 326 Å². The number of aliphatic hydroxyl groups excluding tert-OH is 4. The molecular formula is C66H132O16. The van der Waals surface area contributed by atoms with Gasteiger partial charge >= 0.3 is 24.6 Å². The third-order valence-corrected chi connectivity index (χ3v) is 13.7. The minimum atomic E-state index is -0.682. The number of unbranched alkanes of at least 4 members (excludes halogenated alkanes) is 18. The van der Waals surface area contributed by atoms with Gasteiger partial charge in [-0.2, -0.15) is 0 Å². The van der Waals surface area contributed by atoms with Crippen LogP contribution in [0.3, 0.4) is 0 Å². The van der Waals surface area contributed by atoms with Crippen LogP contribution in [-0.4, -0.2) is 122 Å². The average Bonchev–Trinajstić information content (AvgIpc) is 3.43. The highest BCUT2D eigenvalue weighted by atomic mass is 16.7. The van der Waals surface area contributed by atoms with Gasteiger partial charge in [-0.05, 0) is 83.5 Å². The van der Waals surface area contributed by atoms with E-state index < -0.39 is 49.0 Å². The number of carbonyl (C=O) groups excluding carboxylic acids is 4. The summed E-state index contributed by atoms with van der Waals surface area (Å²) in [7, 11) is 0. The molecule has 0 aromatic rings. The van der Waals surface area contributed by atoms with E-state index in [0.29, 0.717) is 26.4 Å². The Morgan fingerprint density at radius 1 is 0.244 bits per heavy atom. The normalized spacial score (nSPS) is 13.8. The second kappa shape index (κ2) is 67.1. The maximum Gasteiger partial charge on any atom is 0.508 e. The molecule has 0 bridgehead atoms. The van der Waals surface area contributed by atoms with E-state index in [4.69, 9.17) is 58.3 Å². The molecule has 0 aliphatic carbocycles. The Morgan fingerprint density at radius 3 is 0.622 bits per heavy atom. The smallest absolute Gasteiger partial charge is 0.434 e. The van der Waals surface area contributed by atoms with Gasteiger partial charge in [-0.1, -0.05) is 242 Å². The Hall–Kier alpha value is -3.08. The van der Waals surface area contributed by atoms with Crippen molar-refractivity contribution in [1.29, 1.82) is 0 Å². The van der Waals surface area contributed by atoms with Gasteiger partial charge in [0.15, 0.2) is 0 Å². The van der Waals surface area contributed by atoms with E-state index in [-0.39, 0.29) is 26.4 Å². The lowest BCUT2D eigenvalue weighted by Gasteiger charge is -2.11. The van der Waals surface area contributed by atoms with E-state index in [0.717, 1.165) is 75.0 Å². The molecule has 0 fully saturated rings. The summed E-state index contributed by atoms with van der Waals surface area (Å²) < 4.78 is 38.4. The van der Waals surface area contributed by atoms with Gasteiger partial charge in [0.2, 0.25) is 0 Å². The fraction of sp³-hybridized carbons (Fsp3) is 0.939. The van der Waals surface area contributed by atoms with Crippen LogP contribution in [0.25, 0.3) is 0 Å². The molecule has 8 atom stereocenters. The molecule has 492 valence electrons. The first-order chi connectivity index (χ1) is 39.2. The molecular weight excluding hydrogens is 1050 g/mol. The molecule has 16 heteroatoms. The maximum atomic E-state index is 11.1. The summed E-state index contributed by atoms with van der Waals surface area (Å²) in [5, 5.41) is 35.8. The molecule has 0 spiro atoms. The van der Waals surface area contributed by atoms with Crippen LogP contribution in [0, 0.1) is 23.7 Å². The van der Waals surface area contributed by atoms with E-state index in [1.54, 1.807) is 27.7 Å². The number of aliphatic hydroxyl groups is 4. The molecule has 0 aliphatic heterocycles. The van der Waals surface area contributed by atoms with Crippen LogP contribution >= 0.6 is 0 Å². The monoisotopic (exact) mass is 1180 g/mol. The summed E-state index contributed by atoms with van der Waals surface area (Å²) >= 11 is 0. The van der Waals surface area contributed by atoms with Crippen LogP contribution < -0.4 is 0 Å².